The average Bonchev–Trinajstić information content (AvgIpc) is 2.40. The van der Waals surface area contributed by atoms with Gasteiger partial charge < -0.3 is 0 Å². The summed E-state index contributed by atoms with van der Waals surface area (Å²) in [6, 6.07) is 7.13. The molecule has 2 nitrogen and oxygen atoms in total. The molecule has 0 N–H and O–H groups in total. The molecule has 1 aromatic heterocycles. The molecular formula is C17H30N2. The van der Waals surface area contributed by atoms with Gasteiger partial charge in [0, 0.05) is 18.3 Å². The molecule has 0 aliphatic carbocycles. The first kappa shape index (κ1) is 16.2. The van der Waals surface area contributed by atoms with E-state index in [1.807, 2.05) is 0 Å². The van der Waals surface area contributed by atoms with Gasteiger partial charge >= 0.3 is 0 Å². The zero-order valence-corrected chi connectivity index (χ0v) is 13.2. The minimum absolute atomic E-state index is 0.691. The monoisotopic (exact) mass is 262 g/mol. The van der Waals surface area contributed by atoms with E-state index < -0.39 is 0 Å². The molecule has 1 unspecified atom stereocenters. The first-order valence-electron chi connectivity index (χ1n) is 7.86. The van der Waals surface area contributed by atoms with Gasteiger partial charge in [0.2, 0.25) is 0 Å². The Labute approximate surface area is 119 Å². The summed E-state index contributed by atoms with van der Waals surface area (Å²) in [6.45, 7) is 7.73. The smallest absolute Gasteiger partial charge is 0.0547 e. The van der Waals surface area contributed by atoms with Crippen LogP contribution in [0, 0.1) is 0 Å². The molecule has 108 valence electrons. The first-order chi connectivity index (χ1) is 9.21. The van der Waals surface area contributed by atoms with Crippen LogP contribution < -0.4 is 0 Å². The Kier molecular flexibility index (Phi) is 7.73. The van der Waals surface area contributed by atoms with E-state index in [2.05, 4.69) is 50.9 Å². The molecule has 2 heteroatoms. The van der Waals surface area contributed by atoms with Crippen molar-refractivity contribution in [2.45, 2.75) is 71.9 Å². The van der Waals surface area contributed by atoms with E-state index >= 15 is 0 Å². The van der Waals surface area contributed by atoms with Gasteiger partial charge in [-0.2, -0.15) is 0 Å². The minimum Gasteiger partial charge on any atom is -0.298 e. The molecule has 0 fully saturated rings. The Bertz CT molecular complexity index is 349. The van der Waals surface area contributed by atoms with Crippen molar-refractivity contribution in [2.75, 3.05) is 7.05 Å². The fourth-order valence-corrected chi connectivity index (χ4v) is 2.57. The van der Waals surface area contributed by atoms with Gasteiger partial charge in [0.25, 0.3) is 0 Å². The number of unbranched alkanes of at least 4 members (excludes halogenated alkanes) is 1. The standard InChI is InChI=1S/C17H30N2/c1-5-8-13-17(7-3)19(4)14-16-12-9-11-15(18-16)10-6-2/h9,11-12,17H,5-8,10,13-14H2,1-4H3. The quantitative estimate of drug-likeness (QED) is 0.654. The molecule has 0 aliphatic heterocycles. The first-order valence-corrected chi connectivity index (χ1v) is 7.86. The number of pyridine rings is 1. The van der Waals surface area contributed by atoms with Gasteiger partial charge in [-0.25, -0.2) is 0 Å². The third-order valence-electron chi connectivity index (χ3n) is 3.77. The maximum absolute atomic E-state index is 4.76. The predicted molar refractivity (Wildman–Crippen MR) is 83.3 cm³/mol. The van der Waals surface area contributed by atoms with Crippen LogP contribution in [0.1, 0.15) is 64.3 Å². The third kappa shape index (κ3) is 5.73. The Hall–Kier alpha value is -0.890. The Morgan fingerprint density at radius 2 is 1.84 bits per heavy atom. The number of hydrogen-bond donors (Lipinski definition) is 0. The second-order valence-corrected chi connectivity index (χ2v) is 5.49. The molecule has 0 saturated heterocycles. The van der Waals surface area contributed by atoms with Gasteiger partial charge in [-0.05, 0) is 38.4 Å². The summed E-state index contributed by atoms with van der Waals surface area (Å²) in [6.07, 6.45) is 7.40. The van der Waals surface area contributed by atoms with E-state index in [9.17, 15) is 0 Å². The number of aryl methyl sites for hydroxylation is 1. The molecule has 0 radical (unpaired) electrons. The number of aromatic nitrogens is 1. The average molecular weight is 262 g/mol. The normalized spacial score (nSPS) is 12.9. The van der Waals surface area contributed by atoms with E-state index in [1.165, 1.54) is 43.5 Å². The summed E-state index contributed by atoms with van der Waals surface area (Å²) in [4.78, 5) is 7.22. The van der Waals surface area contributed by atoms with Crippen molar-refractivity contribution in [2.24, 2.45) is 0 Å². The number of hydrogen-bond acceptors (Lipinski definition) is 2. The minimum atomic E-state index is 0.691. The van der Waals surface area contributed by atoms with Gasteiger partial charge in [-0.15, -0.1) is 0 Å². The summed E-state index contributed by atoms with van der Waals surface area (Å²) in [5, 5.41) is 0. The van der Waals surface area contributed by atoms with Gasteiger partial charge in [-0.1, -0.05) is 46.1 Å². The highest BCUT2D eigenvalue weighted by molar-refractivity contribution is 5.11. The van der Waals surface area contributed by atoms with Crippen LogP contribution in [0.3, 0.4) is 0 Å². The number of nitrogens with zero attached hydrogens (tertiary/aromatic N) is 2. The van der Waals surface area contributed by atoms with E-state index in [0.29, 0.717) is 6.04 Å². The summed E-state index contributed by atoms with van der Waals surface area (Å²) in [5.74, 6) is 0. The van der Waals surface area contributed by atoms with Crippen molar-refractivity contribution in [3.63, 3.8) is 0 Å². The van der Waals surface area contributed by atoms with Crippen molar-refractivity contribution in [1.82, 2.24) is 9.88 Å². The van der Waals surface area contributed by atoms with Crippen molar-refractivity contribution in [1.29, 1.82) is 0 Å². The van der Waals surface area contributed by atoms with Crippen molar-refractivity contribution < 1.29 is 0 Å². The molecule has 1 heterocycles. The molecule has 1 rings (SSSR count). The van der Waals surface area contributed by atoms with E-state index in [1.54, 1.807) is 0 Å². The van der Waals surface area contributed by atoms with Crippen LogP contribution in [0.15, 0.2) is 18.2 Å². The van der Waals surface area contributed by atoms with Crippen LogP contribution in [-0.4, -0.2) is 23.0 Å². The van der Waals surface area contributed by atoms with Crippen molar-refractivity contribution in [3.05, 3.63) is 29.6 Å². The summed E-state index contributed by atoms with van der Waals surface area (Å²) >= 11 is 0. The molecule has 1 aromatic rings. The Morgan fingerprint density at radius 1 is 1.11 bits per heavy atom. The lowest BCUT2D eigenvalue weighted by Gasteiger charge is -2.27. The molecule has 0 aromatic carbocycles. The van der Waals surface area contributed by atoms with Gasteiger partial charge in [0.15, 0.2) is 0 Å². The molecule has 19 heavy (non-hydrogen) atoms. The Balaban J connectivity index is 2.58. The molecule has 0 spiro atoms. The summed E-state index contributed by atoms with van der Waals surface area (Å²) in [5.41, 5.74) is 2.44. The molecular weight excluding hydrogens is 232 g/mol. The fourth-order valence-electron chi connectivity index (χ4n) is 2.57. The largest absolute Gasteiger partial charge is 0.298 e. The maximum Gasteiger partial charge on any atom is 0.0547 e. The highest BCUT2D eigenvalue weighted by Crippen LogP contribution is 2.14. The van der Waals surface area contributed by atoms with Crippen LogP contribution in [-0.2, 0) is 13.0 Å². The molecule has 1 atom stereocenters. The molecule has 0 aliphatic rings. The van der Waals surface area contributed by atoms with Crippen LogP contribution in [0.4, 0.5) is 0 Å². The number of rotatable bonds is 9. The van der Waals surface area contributed by atoms with E-state index in [0.717, 1.165) is 13.0 Å². The molecule has 0 amide bonds. The zero-order chi connectivity index (χ0) is 14.1. The highest BCUT2D eigenvalue weighted by atomic mass is 15.1. The molecule has 0 bridgehead atoms. The second-order valence-electron chi connectivity index (χ2n) is 5.49. The lowest BCUT2D eigenvalue weighted by atomic mass is 10.1. The fraction of sp³-hybridized carbons (Fsp3) is 0.706. The van der Waals surface area contributed by atoms with Crippen molar-refractivity contribution in [3.8, 4) is 0 Å². The van der Waals surface area contributed by atoms with Gasteiger partial charge in [0.1, 0.15) is 0 Å². The van der Waals surface area contributed by atoms with Crippen LogP contribution >= 0.6 is 0 Å². The van der Waals surface area contributed by atoms with Gasteiger partial charge in [0.05, 0.1) is 5.69 Å². The zero-order valence-electron chi connectivity index (χ0n) is 13.2. The highest BCUT2D eigenvalue weighted by Gasteiger charge is 2.13. The summed E-state index contributed by atoms with van der Waals surface area (Å²) < 4.78 is 0. The maximum atomic E-state index is 4.76. The van der Waals surface area contributed by atoms with Crippen LogP contribution in [0.25, 0.3) is 0 Å². The van der Waals surface area contributed by atoms with Crippen molar-refractivity contribution >= 4 is 0 Å². The van der Waals surface area contributed by atoms with Crippen LogP contribution in [0.2, 0.25) is 0 Å². The predicted octanol–water partition coefficient (Wildman–Crippen LogP) is 4.43. The Morgan fingerprint density at radius 3 is 2.47 bits per heavy atom. The summed E-state index contributed by atoms with van der Waals surface area (Å²) in [7, 11) is 2.23. The SMILES string of the molecule is CCCCC(CC)N(C)Cc1cccc(CCC)n1. The second kappa shape index (κ2) is 9.08. The molecule has 0 saturated carbocycles. The lowest BCUT2D eigenvalue weighted by molar-refractivity contribution is 0.210. The van der Waals surface area contributed by atoms with Gasteiger partial charge in [-0.3, -0.25) is 9.88 Å². The van der Waals surface area contributed by atoms with E-state index in [-0.39, 0.29) is 0 Å². The lowest BCUT2D eigenvalue weighted by Crippen LogP contribution is -2.31. The third-order valence-corrected chi connectivity index (χ3v) is 3.77. The van der Waals surface area contributed by atoms with Crippen LogP contribution in [0.5, 0.6) is 0 Å². The van der Waals surface area contributed by atoms with E-state index in [4.69, 9.17) is 4.98 Å². The topological polar surface area (TPSA) is 16.1 Å².